The van der Waals surface area contributed by atoms with Crippen LogP contribution in [0.1, 0.15) is 26.2 Å². The molecule has 0 saturated carbocycles. The summed E-state index contributed by atoms with van der Waals surface area (Å²) in [6.45, 7) is 2.21. The van der Waals surface area contributed by atoms with Crippen molar-refractivity contribution in [3.05, 3.63) is 0 Å². The number of hydrogen-bond acceptors (Lipinski definition) is 5. The van der Waals surface area contributed by atoms with Gasteiger partial charge in [-0.05, 0) is 19.3 Å². The molecule has 0 aliphatic carbocycles. The van der Waals surface area contributed by atoms with E-state index >= 15 is 0 Å². The van der Waals surface area contributed by atoms with Crippen LogP contribution in [0.2, 0.25) is 0 Å². The maximum Gasteiger partial charge on any atom is 0.315 e. The minimum atomic E-state index is -0.305. The van der Waals surface area contributed by atoms with Crippen LogP contribution in [0.15, 0.2) is 0 Å². The lowest BCUT2D eigenvalue weighted by Crippen LogP contribution is -2.18. The number of thiol groups is 1. The molecule has 4 nitrogen and oxygen atoms in total. The molecule has 13 heavy (non-hydrogen) atoms. The average Bonchev–Trinajstić information content (AvgIpc) is 2.16. The summed E-state index contributed by atoms with van der Waals surface area (Å²) in [5, 5.41) is 8.06. The topological polar surface area (TPSA) is 55.8 Å². The minimum Gasteiger partial charge on any atom is -0.462 e. The van der Waals surface area contributed by atoms with E-state index in [0.29, 0.717) is 12.8 Å². The molecule has 78 valence electrons. The fourth-order valence-electron chi connectivity index (χ4n) is 0.945. The standard InChI is InChI=1S/C8H16O4S/c1-2-7(4-3-5-11-10)12-8(9)6-13/h7,10,13H,2-6H2,1H3. The van der Waals surface area contributed by atoms with Crippen molar-refractivity contribution in [2.45, 2.75) is 32.3 Å². The van der Waals surface area contributed by atoms with E-state index < -0.39 is 0 Å². The Labute approximate surface area is 83.6 Å². The Hall–Kier alpha value is -0.260. The van der Waals surface area contributed by atoms with E-state index in [-0.39, 0.29) is 24.4 Å². The van der Waals surface area contributed by atoms with Crippen molar-refractivity contribution in [2.75, 3.05) is 12.4 Å². The molecule has 0 aromatic carbocycles. The summed E-state index contributed by atoms with van der Waals surface area (Å²) < 4.78 is 5.04. The summed E-state index contributed by atoms with van der Waals surface area (Å²) in [6.07, 6.45) is 2.06. The van der Waals surface area contributed by atoms with Gasteiger partial charge in [-0.2, -0.15) is 12.6 Å². The van der Waals surface area contributed by atoms with Gasteiger partial charge < -0.3 is 4.74 Å². The van der Waals surface area contributed by atoms with E-state index in [9.17, 15) is 4.79 Å². The second-order valence-electron chi connectivity index (χ2n) is 2.65. The Morgan fingerprint density at radius 1 is 1.62 bits per heavy atom. The SMILES string of the molecule is CCC(CCCOO)OC(=O)CS. The third-order valence-corrected chi connectivity index (χ3v) is 1.90. The lowest BCUT2D eigenvalue weighted by molar-refractivity contribution is -0.243. The Kier molecular flexibility index (Phi) is 8.18. The fourth-order valence-corrected chi connectivity index (χ4v) is 1.02. The fraction of sp³-hybridized carbons (Fsp3) is 0.875. The van der Waals surface area contributed by atoms with Crippen LogP contribution in [0.25, 0.3) is 0 Å². The van der Waals surface area contributed by atoms with Crippen LogP contribution in [0, 0.1) is 0 Å². The first-order chi connectivity index (χ1) is 6.24. The first kappa shape index (κ1) is 12.7. The number of ether oxygens (including phenoxy) is 1. The Morgan fingerprint density at radius 3 is 2.77 bits per heavy atom. The monoisotopic (exact) mass is 208 g/mol. The van der Waals surface area contributed by atoms with Crippen molar-refractivity contribution < 1.29 is 19.7 Å². The number of carbonyl (C=O) groups is 1. The van der Waals surface area contributed by atoms with Gasteiger partial charge in [-0.3, -0.25) is 10.1 Å². The maximum atomic E-state index is 10.8. The van der Waals surface area contributed by atoms with Crippen molar-refractivity contribution in [2.24, 2.45) is 0 Å². The molecule has 0 spiro atoms. The van der Waals surface area contributed by atoms with Crippen LogP contribution in [0.5, 0.6) is 0 Å². The first-order valence-corrected chi connectivity index (χ1v) is 4.94. The molecule has 0 radical (unpaired) electrons. The summed E-state index contributed by atoms with van der Waals surface area (Å²) in [4.78, 5) is 14.7. The molecule has 0 saturated heterocycles. The highest BCUT2D eigenvalue weighted by Crippen LogP contribution is 2.07. The molecule has 1 unspecified atom stereocenters. The van der Waals surface area contributed by atoms with Gasteiger partial charge in [-0.1, -0.05) is 6.92 Å². The number of esters is 1. The molecular formula is C8H16O4S. The van der Waals surface area contributed by atoms with E-state index in [2.05, 4.69) is 17.5 Å². The molecule has 1 atom stereocenters. The highest BCUT2D eigenvalue weighted by atomic mass is 32.1. The number of rotatable bonds is 7. The van der Waals surface area contributed by atoms with Gasteiger partial charge in [0.25, 0.3) is 0 Å². The third-order valence-electron chi connectivity index (χ3n) is 1.64. The van der Waals surface area contributed by atoms with E-state index in [0.717, 1.165) is 6.42 Å². The Balaban J connectivity index is 3.56. The predicted molar refractivity (Wildman–Crippen MR) is 51.8 cm³/mol. The van der Waals surface area contributed by atoms with Crippen molar-refractivity contribution in [3.8, 4) is 0 Å². The molecule has 0 bridgehead atoms. The molecule has 0 aromatic rings. The van der Waals surface area contributed by atoms with Crippen LogP contribution < -0.4 is 0 Å². The average molecular weight is 208 g/mol. The molecule has 1 N–H and O–H groups in total. The van der Waals surface area contributed by atoms with Crippen LogP contribution >= 0.6 is 12.6 Å². The summed E-state index contributed by atoms with van der Waals surface area (Å²) in [6, 6.07) is 0. The maximum absolute atomic E-state index is 10.8. The zero-order valence-corrected chi connectivity index (χ0v) is 8.63. The first-order valence-electron chi connectivity index (χ1n) is 4.31. The number of carbonyl (C=O) groups excluding carboxylic acids is 1. The van der Waals surface area contributed by atoms with Crippen LogP contribution in [0.4, 0.5) is 0 Å². The molecule has 0 heterocycles. The summed E-state index contributed by atoms with van der Waals surface area (Å²) in [7, 11) is 0. The van der Waals surface area contributed by atoms with Crippen molar-refractivity contribution in [1.82, 2.24) is 0 Å². The molecular weight excluding hydrogens is 192 g/mol. The molecule has 0 fully saturated rings. The minimum absolute atomic E-state index is 0.0881. The van der Waals surface area contributed by atoms with E-state index in [1.54, 1.807) is 0 Å². The second kappa shape index (κ2) is 8.34. The van der Waals surface area contributed by atoms with Gasteiger partial charge >= 0.3 is 5.97 Å². The van der Waals surface area contributed by atoms with Gasteiger partial charge in [0.1, 0.15) is 6.10 Å². The van der Waals surface area contributed by atoms with Gasteiger partial charge in [0, 0.05) is 0 Å². The lowest BCUT2D eigenvalue weighted by atomic mass is 10.1. The lowest BCUT2D eigenvalue weighted by Gasteiger charge is -2.14. The molecule has 0 amide bonds. The predicted octanol–water partition coefficient (Wildman–Crippen LogP) is 1.51. The van der Waals surface area contributed by atoms with Gasteiger partial charge in [0.05, 0.1) is 12.4 Å². The van der Waals surface area contributed by atoms with Gasteiger partial charge in [0.2, 0.25) is 0 Å². The number of hydrogen-bond donors (Lipinski definition) is 2. The normalized spacial score (nSPS) is 12.5. The zero-order chi connectivity index (χ0) is 10.1. The van der Waals surface area contributed by atoms with E-state index in [1.807, 2.05) is 6.92 Å². The summed E-state index contributed by atoms with van der Waals surface area (Å²) >= 11 is 3.80. The van der Waals surface area contributed by atoms with Gasteiger partial charge in [-0.25, -0.2) is 4.89 Å². The largest absolute Gasteiger partial charge is 0.462 e. The quantitative estimate of drug-likeness (QED) is 0.219. The van der Waals surface area contributed by atoms with Gasteiger partial charge in [0.15, 0.2) is 0 Å². The Morgan fingerprint density at radius 2 is 2.31 bits per heavy atom. The van der Waals surface area contributed by atoms with Crippen molar-refractivity contribution in [1.29, 1.82) is 0 Å². The van der Waals surface area contributed by atoms with Crippen LogP contribution in [-0.2, 0) is 14.4 Å². The van der Waals surface area contributed by atoms with Gasteiger partial charge in [-0.15, -0.1) is 0 Å². The summed E-state index contributed by atoms with van der Waals surface area (Å²) in [5.74, 6) is -0.201. The molecule has 0 aromatic heterocycles. The van der Waals surface area contributed by atoms with Crippen molar-refractivity contribution in [3.63, 3.8) is 0 Å². The highest BCUT2D eigenvalue weighted by molar-refractivity contribution is 7.81. The molecule has 5 heteroatoms. The molecule has 0 aliphatic rings. The summed E-state index contributed by atoms with van der Waals surface area (Å²) in [5.41, 5.74) is 0. The molecule has 0 rings (SSSR count). The molecule has 0 aliphatic heterocycles. The van der Waals surface area contributed by atoms with Crippen LogP contribution in [0.3, 0.4) is 0 Å². The second-order valence-corrected chi connectivity index (χ2v) is 2.97. The van der Waals surface area contributed by atoms with E-state index in [1.165, 1.54) is 0 Å². The smallest absolute Gasteiger partial charge is 0.315 e. The Bertz CT molecular complexity index is 140. The van der Waals surface area contributed by atoms with Crippen molar-refractivity contribution >= 4 is 18.6 Å². The van der Waals surface area contributed by atoms with Crippen LogP contribution in [-0.4, -0.2) is 29.7 Å². The zero-order valence-electron chi connectivity index (χ0n) is 7.73. The highest BCUT2D eigenvalue weighted by Gasteiger charge is 2.10. The third kappa shape index (κ3) is 6.86. The van der Waals surface area contributed by atoms with E-state index in [4.69, 9.17) is 9.99 Å².